The van der Waals surface area contributed by atoms with Gasteiger partial charge in [0.25, 0.3) is 5.91 Å². The van der Waals surface area contributed by atoms with E-state index >= 15 is 0 Å². The summed E-state index contributed by atoms with van der Waals surface area (Å²) in [5.74, 6) is -0.897. The Morgan fingerprint density at radius 1 is 1.05 bits per heavy atom. The highest BCUT2D eigenvalue weighted by atomic mass is 35.5. The molecular formula is C29H25Cl2N5O3. The number of carbonyl (C=O) groups excluding carboxylic acids is 3. The van der Waals surface area contributed by atoms with E-state index in [0.717, 1.165) is 33.5 Å². The van der Waals surface area contributed by atoms with Gasteiger partial charge in [-0.2, -0.15) is 0 Å². The number of carbonyl (C=O) groups is 3. The van der Waals surface area contributed by atoms with Crippen LogP contribution >= 0.6 is 23.2 Å². The molecule has 3 amide bonds. The van der Waals surface area contributed by atoms with Crippen molar-refractivity contribution in [1.82, 2.24) is 24.9 Å². The van der Waals surface area contributed by atoms with Gasteiger partial charge in [-0.15, -0.1) is 0 Å². The number of imidazole rings is 1. The lowest BCUT2D eigenvalue weighted by Gasteiger charge is -2.29. The summed E-state index contributed by atoms with van der Waals surface area (Å²) in [6, 6.07) is 12.7. The van der Waals surface area contributed by atoms with Crippen LogP contribution in [0.15, 0.2) is 61.1 Å². The van der Waals surface area contributed by atoms with E-state index in [2.05, 4.69) is 21.7 Å². The molecule has 0 radical (unpaired) electrons. The topological polar surface area (TPSA) is 95.8 Å². The van der Waals surface area contributed by atoms with Crippen molar-refractivity contribution in [3.05, 3.63) is 93.4 Å². The Hall–Kier alpha value is -3.72. The van der Waals surface area contributed by atoms with Crippen LogP contribution in [0.4, 0.5) is 0 Å². The molecule has 2 N–H and O–H groups in total. The molecule has 4 aromatic rings. The maximum Gasteiger partial charge on any atom is 0.255 e. The van der Waals surface area contributed by atoms with Crippen LogP contribution in [0.2, 0.25) is 10.0 Å². The van der Waals surface area contributed by atoms with Crippen molar-refractivity contribution in [2.24, 2.45) is 0 Å². The summed E-state index contributed by atoms with van der Waals surface area (Å²) in [5, 5.41) is 7.15. The molecule has 6 rings (SSSR count). The number of hydrogen-bond donors (Lipinski definition) is 2. The van der Waals surface area contributed by atoms with Gasteiger partial charge in [0.05, 0.1) is 0 Å². The standard InChI is InChI=1S/C29H25Cl2N5O3/c30-23-2-1-3-24(31)21(23)8-9-32-14-17-12-22(27-33-10-11-35(27)15-17)18-4-5-20-19(13-18)16-36(29(20)39)25-6-7-26(37)34-28(25)38/h1-5,10-13,15,25,32H,6-9,14,16H2,(H,34,37,38). The van der Waals surface area contributed by atoms with E-state index in [1.54, 1.807) is 11.1 Å². The zero-order chi connectivity index (χ0) is 27.1. The molecule has 0 spiro atoms. The zero-order valence-electron chi connectivity index (χ0n) is 20.9. The average Bonchev–Trinajstić information content (AvgIpc) is 3.51. The molecule has 2 aliphatic rings. The summed E-state index contributed by atoms with van der Waals surface area (Å²) in [5.41, 5.74) is 6.13. The van der Waals surface area contributed by atoms with Gasteiger partial charge < -0.3 is 14.6 Å². The molecule has 10 heteroatoms. The fraction of sp³-hybridized carbons (Fsp3) is 0.241. The van der Waals surface area contributed by atoms with Gasteiger partial charge in [0.2, 0.25) is 11.8 Å². The Morgan fingerprint density at radius 2 is 1.87 bits per heavy atom. The molecule has 0 aliphatic carbocycles. The molecule has 2 aromatic heterocycles. The van der Waals surface area contributed by atoms with E-state index in [1.165, 1.54) is 0 Å². The van der Waals surface area contributed by atoms with Crippen LogP contribution in [0.5, 0.6) is 0 Å². The number of amides is 3. The predicted molar refractivity (Wildman–Crippen MR) is 149 cm³/mol. The van der Waals surface area contributed by atoms with Crippen LogP contribution in [-0.2, 0) is 29.1 Å². The molecule has 1 saturated heterocycles. The van der Waals surface area contributed by atoms with E-state index < -0.39 is 11.9 Å². The number of fused-ring (bicyclic) bond motifs is 2. The minimum Gasteiger partial charge on any atom is -0.322 e. The highest BCUT2D eigenvalue weighted by molar-refractivity contribution is 6.36. The van der Waals surface area contributed by atoms with E-state index in [9.17, 15) is 14.4 Å². The number of imide groups is 1. The fourth-order valence-electron chi connectivity index (χ4n) is 5.36. The molecule has 0 bridgehead atoms. The van der Waals surface area contributed by atoms with E-state index in [-0.39, 0.29) is 18.2 Å². The lowest BCUT2D eigenvalue weighted by Crippen LogP contribution is -2.52. The predicted octanol–water partition coefficient (Wildman–Crippen LogP) is 4.40. The number of pyridine rings is 1. The van der Waals surface area contributed by atoms with Crippen molar-refractivity contribution in [2.75, 3.05) is 6.54 Å². The van der Waals surface area contributed by atoms with Gasteiger partial charge in [-0.05, 0) is 72.0 Å². The van der Waals surface area contributed by atoms with Crippen LogP contribution in [-0.4, -0.2) is 44.6 Å². The van der Waals surface area contributed by atoms with Gasteiger partial charge in [-0.1, -0.05) is 35.3 Å². The van der Waals surface area contributed by atoms with Gasteiger partial charge >= 0.3 is 0 Å². The van der Waals surface area contributed by atoms with Gasteiger partial charge in [0, 0.05) is 59.3 Å². The molecule has 0 saturated carbocycles. The van der Waals surface area contributed by atoms with E-state index in [1.807, 2.05) is 53.2 Å². The van der Waals surface area contributed by atoms with Crippen molar-refractivity contribution >= 4 is 46.6 Å². The first-order valence-electron chi connectivity index (χ1n) is 12.8. The Balaban J connectivity index is 1.22. The second-order valence-corrected chi connectivity index (χ2v) is 10.6. The molecule has 2 aliphatic heterocycles. The van der Waals surface area contributed by atoms with Crippen molar-refractivity contribution in [2.45, 2.75) is 38.4 Å². The quantitative estimate of drug-likeness (QED) is 0.257. The maximum absolute atomic E-state index is 13.1. The Morgan fingerprint density at radius 3 is 2.67 bits per heavy atom. The highest BCUT2D eigenvalue weighted by Crippen LogP contribution is 2.33. The summed E-state index contributed by atoms with van der Waals surface area (Å²) >= 11 is 12.6. The highest BCUT2D eigenvalue weighted by Gasteiger charge is 2.39. The van der Waals surface area contributed by atoms with Crippen LogP contribution in [0, 0.1) is 0 Å². The lowest BCUT2D eigenvalue weighted by molar-refractivity contribution is -0.136. The number of piperidine rings is 1. The van der Waals surface area contributed by atoms with Crippen molar-refractivity contribution in [1.29, 1.82) is 0 Å². The third-order valence-corrected chi connectivity index (χ3v) is 8.03. The third-order valence-electron chi connectivity index (χ3n) is 7.32. The molecule has 198 valence electrons. The summed E-state index contributed by atoms with van der Waals surface area (Å²) in [4.78, 5) is 43.2. The molecule has 1 atom stereocenters. The number of nitrogens with zero attached hydrogens (tertiary/aromatic N) is 3. The first-order chi connectivity index (χ1) is 18.9. The molecule has 8 nitrogen and oxygen atoms in total. The number of nitrogens with one attached hydrogen (secondary N) is 2. The molecule has 4 heterocycles. The number of halogens is 2. The summed E-state index contributed by atoms with van der Waals surface area (Å²) in [6.45, 7) is 1.67. The maximum atomic E-state index is 13.1. The Kier molecular flexibility index (Phi) is 6.85. The molecule has 39 heavy (non-hydrogen) atoms. The molecule has 2 aromatic carbocycles. The number of aromatic nitrogens is 2. The Labute approximate surface area is 234 Å². The molecule has 1 unspecified atom stereocenters. The average molecular weight is 562 g/mol. The number of rotatable bonds is 7. The smallest absolute Gasteiger partial charge is 0.255 e. The van der Waals surface area contributed by atoms with Crippen molar-refractivity contribution in [3.63, 3.8) is 0 Å². The minimum absolute atomic E-state index is 0.186. The van der Waals surface area contributed by atoms with Crippen LogP contribution < -0.4 is 10.6 Å². The van der Waals surface area contributed by atoms with E-state index in [4.69, 9.17) is 23.2 Å². The second kappa shape index (κ2) is 10.4. The van der Waals surface area contributed by atoms with Crippen LogP contribution in [0.3, 0.4) is 0 Å². The summed E-state index contributed by atoms with van der Waals surface area (Å²) in [7, 11) is 0. The van der Waals surface area contributed by atoms with Gasteiger partial charge in [0.1, 0.15) is 11.7 Å². The van der Waals surface area contributed by atoms with Crippen molar-refractivity contribution < 1.29 is 14.4 Å². The van der Waals surface area contributed by atoms with Crippen molar-refractivity contribution in [3.8, 4) is 11.1 Å². The summed E-state index contributed by atoms with van der Waals surface area (Å²) in [6.07, 6.45) is 6.99. The second-order valence-electron chi connectivity index (χ2n) is 9.82. The SMILES string of the molecule is O=C1CCC(N2Cc3cc(-c4cc(CNCCc5c(Cl)cccc5Cl)cn5ccnc45)ccc3C2=O)C(=O)N1. The summed E-state index contributed by atoms with van der Waals surface area (Å²) < 4.78 is 1.99. The molecule has 1 fully saturated rings. The van der Waals surface area contributed by atoms with E-state index in [0.29, 0.717) is 48.1 Å². The molecular weight excluding hydrogens is 537 g/mol. The normalized spacial score (nSPS) is 17.1. The Bertz CT molecular complexity index is 1610. The lowest BCUT2D eigenvalue weighted by atomic mass is 10.00. The van der Waals surface area contributed by atoms with Crippen LogP contribution in [0.25, 0.3) is 16.8 Å². The zero-order valence-corrected chi connectivity index (χ0v) is 22.4. The number of benzene rings is 2. The monoisotopic (exact) mass is 561 g/mol. The van der Waals surface area contributed by atoms with Crippen LogP contribution in [0.1, 0.15) is 39.9 Å². The fourth-order valence-corrected chi connectivity index (χ4v) is 5.95. The number of hydrogen-bond acceptors (Lipinski definition) is 5. The van der Waals surface area contributed by atoms with Gasteiger partial charge in [-0.25, -0.2) is 4.98 Å². The van der Waals surface area contributed by atoms with Gasteiger partial charge in [0.15, 0.2) is 0 Å². The largest absolute Gasteiger partial charge is 0.322 e. The van der Waals surface area contributed by atoms with Gasteiger partial charge in [-0.3, -0.25) is 19.7 Å². The first-order valence-corrected chi connectivity index (χ1v) is 13.5. The minimum atomic E-state index is -0.639. The third kappa shape index (κ3) is 4.91. The first kappa shape index (κ1) is 25.6.